The summed E-state index contributed by atoms with van der Waals surface area (Å²) in [6.45, 7) is 3.61. The standard InChI is InChI=1S/C10H13N3O/c1-7(11)6-8-4-2-3-5-9(8)10(12)13-14/h2-5,14H,1,6,11H2,(H2,12,13). The largest absolute Gasteiger partial charge is 0.409 e. The van der Waals surface area contributed by atoms with Crippen LogP contribution < -0.4 is 11.5 Å². The predicted octanol–water partition coefficient (Wildman–Crippen LogP) is 0.796. The molecule has 0 aliphatic rings. The molecule has 0 atom stereocenters. The number of hydrogen-bond acceptors (Lipinski definition) is 3. The van der Waals surface area contributed by atoms with Crippen LogP contribution in [0.25, 0.3) is 0 Å². The lowest BCUT2D eigenvalue weighted by molar-refractivity contribution is 0.318. The van der Waals surface area contributed by atoms with Gasteiger partial charge in [0.1, 0.15) is 0 Å². The first kappa shape index (κ1) is 10.1. The van der Waals surface area contributed by atoms with Crippen molar-refractivity contribution >= 4 is 5.84 Å². The van der Waals surface area contributed by atoms with Gasteiger partial charge in [0, 0.05) is 17.7 Å². The molecule has 0 amide bonds. The van der Waals surface area contributed by atoms with Gasteiger partial charge in [-0.05, 0) is 5.56 Å². The van der Waals surface area contributed by atoms with Crippen LogP contribution in [0.5, 0.6) is 0 Å². The molecule has 0 radical (unpaired) electrons. The predicted molar refractivity (Wildman–Crippen MR) is 56.0 cm³/mol. The molecule has 0 saturated carbocycles. The van der Waals surface area contributed by atoms with Gasteiger partial charge in [0.2, 0.25) is 0 Å². The summed E-state index contributed by atoms with van der Waals surface area (Å²) in [4.78, 5) is 0. The average molecular weight is 191 g/mol. The number of amidine groups is 1. The number of nitrogens with two attached hydrogens (primary N) is 2. The zero-order valence-corrected chi connectivity index (χ0v) is 7.77. The van der Waals surface area contributed by atoms with Gasteiger partial charge in [-0.3, -0.25) is 0 Å². The molecule has 14 heavy (non-hydrogen) atoms. The van der Waals surface area contributed by atoms with E-state index in [4.69, 9.17) is 16.7 Å². The first-order chi connectivity index (χ1) is 6.65. The van der Waals surface area contributed by atoms with Crippen LogP contribution >= 0.6 is 0 Å². The first-order valence-electron chi connectivity index (χ1n) is 4.14. The van der Waals surface area contributed by atoms with Crippen LogP contribution in [-0.4, -0.2) is 11.0 Å². The average Bonchev–Trinajstić information content (AvgIpc) is 2.16. The minimum absolute atomic E-state index is 0.0850. The van der Waals surface area contributed by atoms with Crippen LogP contribution in [0.2, 0.25) is 0 Å². The second-order valence-corrected chi connectivity index (χ2v) is 2.98. The van der Waals surface area contributed by atoms with Crippen LogP contribution in [0.1, 0.15) is 11.1 Å². The summed E-state index contributed by atoms with van der Waals surface area (Å²) < 4.78 is 0. The molecule has 4 heteroatoms. The zero-order chi connectivity index (χ0) is 10.6. The summed E-state index contributed by atoms with van der Waals surface area (Å²) >= 11 is 0. The van der Waals surface area contributed by atoms with Crippen molar-refractivity contribution in [2.24, 2.45) is 16.6 Å². The normalized spacial score (nSPS) is 11.3. The molecule has 0 fully saturated rings. The van der Waals surface area contributed by atoms with Gasteiger partial charge in [0.05, 0.1) is 0 Å². The fraction of sp³-hybridized carbons (Fsp3) is 0.100. The van der Waals surface area contributed by atoms with E-state index >= 15 is 0 Å². The molecular weight excluding hydrogens is 178 g/mol. The van der Waals surface area contributed by atoms with Crippen LogP contribution in [0.3, 0.4) is 0 Å². The number of rotatable bonds is 3. The van der Waals surface area contributed by atoms with Crippen LogP contribution in [0, 0.1) is 0 Å². The quantitative estimate of drug-likeness (QED) is 0.286. The highest BCUT2D eigenvalue weighted by molar-refractivity contribution is 5.98. The summed E-state index contributed by atoms with van der Waals surface area (Å²) in [7, 11) is 0. The molecule has 1 rings (SSSR count). The lowest BCUT2D eigenvalue weighted by Crippen LogP contribution is -2.16. The van der Waals surface area contributed by atoms with E-state index in [-0.39, 0.29) is 5.84 Å². The van der Waals surface area contributed by atoms with Crippen molar-refractivity contribution in [1.82, 2.24) is 0 Å². The Morgan fingerprint density at radius 1 is 1.36 bits per heavy atom. The third-order valence-electron chi connectivity index (χ3n) is 1.82. The highest BCUT2D eigenvalue weighted by atomic mass is 16.4. The van der Waals surface area contributed by atoms with Crippen molar-refractivity contribution in [3.63, 3.8) is 0 Å². The Kier molecular flexibility index (Phi) is 3.12. The molecule has 0 saturated heterocycles. The number of hydrogen-bond donors (Lipinski definition) is 3. The number of nitrogens with zero attached hydrogens (tertiary/aromatic N) is 1. The minimum atomic E-state index is 0.0850. The highest BCUT2D eigenvalue weighted by Crippen LogP contribution is 2.10. The SMILES string of the molecule is C=C(N)Cc1ccccc1/C(N)=N/O. The second kappa shape index (κ2) is 4.32. The van der Waals surface area contributed by atoms with Crippen molar-refractivity contribution in [1.29, 1.82) is 0 Å². The van der Waals surface area contributed by atoms with E-state index in [1.807, 2.05) is 18.2 Å². The second-order valence-electron chi connectivity index (χ2n) is 2.98. The lowest BCUT2D eigenvalue weighted by atomic mass is 10.0. The van der Waals surface area contributed by atoms with Gasteiger partial charge in [-0.2, -0.15) is 0 Å². The van der Waals surface area contributed by atoms with Gasteiger partial charge in [0.25, 0.3) is 0 Å². The summed E-state index contributed by atoms with van der Waals surface area (Å²) in [6, 6.07) is 7.32. The fourth-order valence-corrected chi connectivity index (χ4v) is 1.22. The van der Waals surface area contributed by atoms with Crippen molar-refractivity contribution in [2.45, 2.75) is 6.42 Å². The minimum Gasteiger partial charge on any atom is -0.409 e. The van der Waals surface area contributed by atoms with E-state index in [0.29, 0.717) is 17.7 Å². The molecule has 0 unspecified atom stereocenters. The molecule has 74 valence electrons. The molecule has 0 aliphatic carbocycles. The monoisotopic (exact) mass is 191 g/mol. The van der Waals surface area contributed by atoms with Crippen LogP contribution in [0.15, 0.2) is 41.7 Å². The Morgan fingerprint density at radius 3 is 2.57 bits per heavy atom. The molecule has 4 nitrogen and oxygen atoms in total. The maximum atomic E-state index is 8.56. The van der Waals surface area contributed by atoms with E-state index in [0.717, 1.165) is 5.56 Å². The maximum absolute atomic E-state index is 8.56. The molecular formula is C10H13N3O. The lowest BCUT2D eigenvalue weighted by Gasteiger charge is -2.07. The fourth-order valence-electron chi connectivity index (χ4n) is 1.22. The molecule has 0 bridgehead atoms. The van der Waals surface area contributed by atoms with Crippen LogP contribution in [-0.2, 0) is 6.42 Å². The molecule has 1 aromatic carbocycles. The van der Waals surface area contributed by atoms with Crippen molar-refractivity contribution in [2.75, 3.05) is 0 Å². The number of oxime groups is 1. The molecule has 0 aromatic heterocycles. The number of benzene rings is 1. The van der Waals surface area contributed by atoms with E-state index in [9.17, 15) is 0 Å². The van der Waals surface area contributed by atoms with Gasteiger partial charge in [-0.1, -0.05) is 36.0 Å². The molecule has 0 spiro atoms. The van der Waals surface area contributed by atoms with E-state index in [2.05, 4.69) is 11.7 Å². The van der Waals surface area contributed by atoms with Gasteiger partial charge in [-0.25, -0.2) is 0 Å². The highest BCUT2D eigenvalue weighted by Gasteiger charge is 2.05. The molecule has 0 heterocycles. The Labute approximate surface area is 82.5 Å². The Hall–Kier alpha value is -1.97. The van der Waals surface area contributed by atoms with Crippen molar-refractivity contribution < 1.29 is 5.21 Å². The Morgan fingerprint density at radius 2 is 2.00 bits per heavy atom. The molecule has 1 aromatic rings. The summed E-state index contributed by atoms with van der Waals surface area (Å²) in [5.74, 6) is 0.0850. The topological polar surface area (TPSA) is 84.6 Å². The zero-order valence-electron chi connectivity index (χ0n) is 7.77. The maximum Gasteiger partial charge on any atom is 0.170 e. The first-order valence-corrected chi connectivity index (χ1v) is 4.14. The molecule has 0 aliphatic heterocycles. The van der Waals surface area contributed by atoms with E-state index in [1.54, 1.807) is 6.07 Å². The number of allylic oxidation sites excluding steroid dienone is 1. The van der Waals surface area contributed by atoms with Crippen molar-refractivity contribution in [3.05, 3.63) is 47.7 Å². The third kappa shape index (κ3) is 2.26. The Balaban J connectivity index is 3.09. The third-order valence-corrected chi connectivity index (χ3v) is 1.82. The smallest absolute Gasteiger partial charge is 0.170 e. The van der Waals surface area contributed by atoms with Gasteiger partial charge in [0.15, 0.2) is 5.84 Å². The van der Waals surface area contributed by atoms with Crippen LogP contribution in [0.4, 0.5) is 0 Å². The van der Waals surface area contributed by atoms with Gasteiger partial charge in [-0.15, -0.1) is 0 Å². The summed E-state index contributed by atoms with van der Waals surface area (Å²) in [6.07, 6.45) is 0.520. The van der Waals surface area contributed by atoms with Gasteiger partial charge < -0.3 is 16.7 Å². The Bertz CT molecular complexity index is 371. The van der Waals surface area contributed by atoms with Crippen molar-refractivity contribution in [3.8, 4) is 0 Å². The van der Waals surface area contributed by atoms with E-state index < -0.39 is 0 Å². The molecule has 5 N–H and O–H groups in total. The summed E-state index contributed by atoms with van der Waals surface area (Å²) in [5, 5.41) is 11.5. The van der Waals surface area contributed by atoms with E-state index in [1.165, 1.54) is 0 Å². The van der Waals surface area contributed by atoms with Gasteiger partial charge >= 0.3 is 0 Å². The summed E-state index contributed by atoms with van der Waals surface area (Å²) in [5.41, 5.74) is 13.1.